The lowest BCUT2D eigenvalue weighted by atomic mass is 10.1. The van der Waals surface area contributed by atoms with Gasteiger partial charge in [0.05, 0.1) is 22.8 Å². The highest BCUT2D eigenvalue weighted by molar-refractivity contribution is 7.90. The van der Waals surface area contributed by atoms with Crippen LogP contribution in [0.2, 0.25) is 5.02 Å². The Labute approximate surface area is 242 Å². The normalized spacial score (nSPS) is 11.6. The van der Waals surface area contributed by atoms with Gasteiger partial charge in [0, 0.05) is 30.3 Å². The number of nitrogens with zero attached hydrogens (tertiary/aromatic N) is 2. The van der Waals surface area contributed by atoms with Crippen LogP contribution in [-0.4, -0.2) is 36.9 Å². The summed E-state index contributed by atoms with van der Waals surface area (Å²) in [5.41, 5.74) is 3.28. The minimum absolute atomic E-state index is 0.0711. The summed E-state index contributed by atoms with van der Waals surface area (Å²) in [6.07, 6.45) is 2.72. The van der Waals surface area contributed by atoms with Gasteiger partial charge in [-0.25, -0.2) is 22.8 Å². The van der Waals surface area contributed by atoms with E-state index in [-0.39, 0.29) is 18.2 Å². The molecule has 2 aromatic heterocycles. The summed E-state index contributed by atoms with van der Waals surface area (Å²) in [4.78, 5) is 8.82. The van der Waals surface area contributed by atoms with Gasteiger partial charge in [-0.05, 0) is 65.7 Å². The lowest BCUT2D eigenvalue weighted by molar-refractivity contribution is 0.305. The van der Waals surface area contributed by atoms with Crippen molar-refractivity contribution in [2.75, 3.05) is 23.9 Å². The van der Waals surface area contributed by atoms with E-state index in [9.17, 15) is 12.8 Å². The lowest BCUT2D eigenvalue weighted by Gasteiger charge is -2.12. The van der Waals surface area contributed by atoms with Gasteiger partial charge in [-0.1, -0.05) is 29.8 Å². The highest BCUT2D eigenvalue weighted by Gasteiger charge is 2.11. The average Bonchev–Trinajstić information content (AvgIpc) is 3.42. The second-order valence-electron chi connectivity index (χ2n) is 9.56. The van der Waals surface area contributed by atoms with Crippen molar-refractivity contribution >= 4 is 38.2 Å². The summed E-state index contributed by atoms with van der Waals surface area (Å²) in [5, 5.41) is 7.73. The van der Waals surface area contributed by atoms with Crippen molar-refractivity contribution < 1.29 is 22.0 Å². The maximum atomic E-state index is 13.4. The predicted octanol–water partition coefficient (Wildman–Crippen LogP) is 6.01. The summed E-state index contributed by atoms with van der Waals surface area (Å²) in [6.45, 7) is 1.45. The number of benzene rings is 3. The number of ether oxygens (including phenoxy) is 1. The van der Waals surface area contributed by atoms with Gasteiger partial charge < -0.3 is 19.8 Å². The quantitative estimate of drug-likeness (QED) is 0.169. The minimum Gasteiger partial charge on any atom is -0.487 e. The first kappa shape index (κ1) is 28.5. The molecule has 212 valence electrons. The van der Waals surface area contributed by atoms with Crippen LogP contribution >= 0.6 is 11.6 Å². The van der Waals surface area contributed by atoms with E-state index < -0.39 is 9.84 Å². The summed E-state index contributed by atoms with van der Waals surface area (Å²) in [6, 6.07) is 21.3. The van der Waals surface area contributed by atoms with Gasteiger partial charge in [0.25, 0.3) is 0 Å². The van der Waals surface area contributed by atoms with Crippen LogP contribution in [0, 0.1) is 5.82 Å². The van der Waals surface area contributed by atoms with Crippen LogP contribution in [0.25, 0.3) is 22.2 Å². The van der Waals surface area contributed by atoms with Gasteiger partial charge in [-0.15, -0.1) is 0 Å². The molecule has 2 N–H and O–H groups in total. The van der Waals surface area contributed by atoms with Gasteiger partial charge in [-0.2, -0.15) is 0 Å². The molecule has 11 heteroatoms. The van der Waals surface area contributed by atoms with Gasteiger partial charge in [0.2, 0.25) is 0 Å². The molecule has 0 unspecified atom stereocenters. The fourth-order valence-corrected chi connectivity index (χ4v) is 4.97. The molecule has 41 heavy (non-hydrogen) atoms. The number of hydrogen-bond acceptors (Lipinski definition) is 8. The molecule has 5 aromatic rings. The van der Waals surface area contributed by atoms with E-state index in [1.165, 1.54) is 24.7 Å². The maximum Gasteiger partial charge on any atom is 0.148 e. The number of sulfone groups is 1. The van der Waals surface area contributed by atoms with Gasteiger partial charge >= 0.3 is 0 Å². The molecule has 0 aliphatic rings. The highest BCUT2D eigenvalue weighted by Crippen LogP contribution is 2.30. The first-order valence-electron chi connectivity index (χ1n) is 12.9. The third-order valence-electron chi connectivity index (χ3n) is 6.27. The van der Waals surface area contributed by atoms with Crippen LogP contribution in [-0.2, 0) is 29.5 Å². The van der Waals surface area contributed by atoms with Crippen LogP contribution < -0.4 is 15.4 Å². The second kappa shape index (κ2) is 12.7. The Morgan fingerprint density at radius 1 is 0.976 bits per heavy atom. The Hall–Kier alpha value is -3.99. The van der Waals surface area contributed by atoms with E-state index in [0.29, 0.717) is 53.3 Å². The van der Waals surface area contributed by atoms with Crippen LogP contribution in [0.4, 0.5) is 10.2 Å². The molecule has 0 aliphatic heterocycles. The van der Waals surface area contributed by atoms with E-state index in [0.717, 1.165) is 22.0 Å². The molecular formula is C30H28ClFN4O4S. The Balaban J connectivity index is 1.24. The van der Waals surface area contributed by atoms with Crippen LogP contribution in [0.3, 0.4) is 0 Å². The zero-order valence-electron chi connectivity index (χ0n) is 22.2. The van der Waals surface area contributed by atoms with Crippen molar-refractivity contribution in [1.29, 1.82) is 0 Å². The monoisotopic (exact) mass is 594 g/mol. The molecule has 0 aliphatic carbocycles. The zero-order valence-corrected chi connectivity index (χ0v) is 23.8. The molecular weight excluding hydrogens is 567 g/mol. The fraction of sp³-hybridized carbons (Fsp3) is 0.200. The number of anilines is 1. The van der Waals surface area contributed by atoms with Crippen molar-refractivity contribution in [1.82, 2.24) is 15.3 Å². The Morgan fingerprint density at radius 2 is 1.85 bits per heavy atom. The van der Waals surface area contributed by atoms with E-state index >= 15 is 0 Å². The van der Waals surface area contributed by atoms with Crippen molar-refractivity contribution in [3.8, 4) is 17.1 Å². The minimum atomic E-state index is -3.01. The molecule has 0 amide bonds. The first-order chi connectivity index (χ1) is 19.7. The van der Waals surface area contributed by atoms with Gasteiger partial charge in [-0.3, -0.25) is 0 Å². The zero-order chi connectivity index (χ0) is 28.8. The van der Waals surface area contributed by atoms with E-state index in [4.69, 9.17) is 20.8 Å². The van der Waals surface area contributed by atoms with E-state index in [2.05, 4.69) is 20.6 Å². The van der Waals surface area contributed by atoms with Gasteiger partial charge in [0.15, 0.2) is 0 Å². The molecule has 0 saturated heterocycles. The van der Waals surface area contributed by atoms with Crippen molar-refractivity contribution in [2.45, 2.75) is 19.7 Å². The van der Waals surface area contributed by atoms with E-state index in [1.54, 1.807) is 18.2 Å². The number of furan rings is 1. The standard InChI is InChI=1S/C30H28ClFN4O4S/c1-41(37,38)12-11-33-17-24-7-10-28(40-24)22-6-8-27-25(15-22)30(36-19-35-27)34-16-20-5-9-29(26(31)14-20)39-18-21-3-2-4-23(32)13-21/h2-10,13-15,19,33H,11-12,16-18H2,1H3,(H,34,35,36). The SMILES string of the molecule is CS(=O)(=O)CCNCc1ccc(-c2ccc3ncnc(NCc4ccc(OCc5cccc(F)c5)c(Cl)c4)c3c2)o1. The molecule has 0 spiro atoms. The number of nitrogens with one attached hydrogen (secondary N) is 2. The Morgan fingerprint density at radius 3 is 2.66 bits per heavy atom. The third-order valence-corrected chi connectivity index (χ3v) is 7.51. The topological polar surface area (TPSA) is 106 Å². The number of aromatic nitrogens is 2. The van der Waals surface area contributed by atoms with Gasteiger partial charge in [0.1, 0.15) is 51.7 Å². The molecule has 8 nitrogen and oxygen atoms in total. The van der Waals surface area contributed by atoms with Crippen molar-refractivity contribution in [3.05, 3.63) is 107 Å². The summed E-state index contributed by atoms with van der Waals surface area (Å²) < 4.78 is 47.8. The number of fused-ring (bicyclic) bond motifs is 1. The second-order valence-corrected chi connectivity index (χ2v) is 12.2. The largest absolute Gasteiger partial charge is 0.487 e. The van der Waals surface area contributed by atoms with Crippen LogP contribution in [0.5, 0.6) is 5.75 Å². The van der Waals surface area contributed by atoms with Crippen LogP contribution in [0.15, 0.2) is 83.5 Å². The first-order valence-corrected chi connectivity index (χ1v) is 15.3. The molecule has 0 saturated carbocycles. The molecule has 0 bridgehead atoms. The van der Waals surface area contributed by atoms with E-state index in [1.807, 2.05) is 42.5 Å². The maximum absolute atomic E-state index is 13.4. The molecule has 2 heterocycles. The number of hydrogen-bond donors (Lipinski definition) is 2. The Bertz CT molecular complexity index is 1780. The molecule has 0 atom stereocenters. The highest BCUT2D eigenvalue weighted by atomic mass is 35.5. The summed E-state index contributed by atoms with van der Waals surface area (Å²) in [5.74, 6) is 2.32. The molecule has 3 aromatic carbocycles. The predicted molar refractivity (Wildman–Crippen MR) is 158 cm³/mol. The summed E-state index contributed by atoms with van der Waals surface area (Å²) >= 11 is 6.46. The molecule has 0 fully saturated rings. The smallest absolute Gasteiger partial charge is 0.148 e. The van der Waals surface area contributed by atoms with Crippen molar-refractivity contribution in [3.63, 3.8) is 0 Å². The fourth-order valence-electron chi connectivity index (χ4n) is 4.19. The number of rotatable bonds is 12. The number of halogens is 2. The Kier molecular flexibility index (Phi) is 8.82. The lowest BCUT2D eigenvalue weighted by Crippen LogP contribution is -2.21. The molecule has 0 radical (unpaired) electrons. The third kappa shape index (κ3) is 7.81. The average molecular weight is 595 g/mol. The van der Waals surface area contributed by atoms with Crippen molar-refractivity contribution in [2.24, 2.45) is 0 Å². The van der Waals surface area contributed by atoms with Crippen LogP contribution in [0.1, 0.15) is 16.9 Å². The molecule has 5 rings (SSSR count). The summed E-state index contributed by atoms with van der Waals surface area (Å²) in [7, 11) is -3.01.